The van der Waals surface area contributed by atoms with E-state index in [1.165, 1.54) is 0 Å². The molecule has 3 nitrogen and oxygen atoms in total. The lowest BCUT2D eigenvalue weighted by molar-refractivity contribution is 0.0690. The molecule has 15 heavy (non-hydrogen) atoms. The van der Waals surface area contributed by atoms with Crippen molar-refractivity contribution >= 4 is 5.97 Å². The number of carbonyl (C=O) groups is 1. The first-order valence-electron chi connectivity index (χ1n) is 4.93. The molecule has 0 aliphatic carbocycles. The number of hydrogen-bond donors (Lipinski definition) is 1. The number of ether oxygens (including phenoxy) is 1. The Morgan fingerprint density at radius 3 is 2.27 bits per heavy atom. The van der Waals surface area contributed by atoms with Crippen LogP contribution in [-0.2, 0) is 0 Å². The molecule has 0 heterocycles. The van der Waals surface area contributed by atoms with Gasteiger partial charge in [-0.1, -0.05) is 0 Å². The van der Waals surface area contributed by atoms with E-state index in [1.807, 2.05) is 27.7 Å². The molecule has 1 rings (SSSR count). The molecule has 0 aromatic heterocycles. The second-order valence-corrected chi connectivity index (χ2v) is 3.90. The van der Waals surface area contributed by atoms with E-state index in [0.717, 1.165) is 11.1 Å². The van der Waals surface area contributed by atoms with Gasteiger partial charge in [-0.25, -0.2) is 4.79 Å². The van der Waals surface area contributed by atoms with Crippen molar-refractivity contribution in [1.29, 1.82) is 0 Å². The molecule has 82 valence electrons. The maximum atomic E-state index is 11.0. The van der Waals surface area contributed by atoms with Gasteiger partial charge in [-0.05, 0) is 51.0 Å². The molecule has 0 unspecified atom stereocenters. The molecule has 0 bridgehead atoms. The summed E-state index contributed by atoms with van der Waals surface area (Å²) in [6, 6.07) is 3.42. The van der Waals surface area contributed by atoms with Gasteiger partial charge in [0.2, 0.25) is 0 Å². The number of carboxylic acid groups (broad SMARTS) is 1. The lowest BCUT2D eigenvalue weighted by Gasteiger charge is -2.14. The van der Waals surface area contributed by atoms with Crippen molar-refractivity contribution in [3.8, 4) is 5.75 Å². The number of aromatic carboxylic acids is 1. The lowest BCUT2D eigenvalue weighted by atomic mass is 10.1. The Balaban J connectivity index is 3.22. The van der Waals surface area contributed by atoms with Gasteiger partial charge >= 0.3 is 5.97 Å². The second-order valence-electron chi connectivity index (χ2n) is 3.90. The van der Waals surface area contributed by atoms with Crippen LogP contribution in [0.25, 0.3) is 0 Å². The molecule has 3 heteroatoms. The SMILES string of the molecule is Cc1cc(OC(C)C)c(C(=O)O)cc1C. The molecule has 1 N–H and O–H groups in total. The van der Waals surface area contributed by atoms with Crippen LogP contribution in [0.4, 0.5) is 0 Å². The maximum absolute atomic E-state index is 11.0. The second kappa shape index (κ2) is 4.34. The van der Waals surface area contributed by atoms with Crippen molar-refractivity contribution in [1.82, 2.24) is 0 Å². The quantitative estimate of drug-likeness (QED) is 0.830. The van der Waals surface area contributed by atoms with E-state index in [1.54, 1.807) is 12.1 Å². The van der Waals surface area contributed by atoms with Gasteiger partial charge in [0.25, 0.3) is 0 Å². The fourth-order valence-electron chi connectivity index (χ4n) is 1.31. The van der Waals surface area contributed by atoms with Crippen LogP contribution in [0, 0.1) is 13.8 Å². The first kappa shape index (κ1) is 11.6. The van der Waals surface area contributed by atoms with Gasteiger partial charge in [-0.15, -0.1) is 0 Å². The molecule has 1 aromatic carbocycles. The van der Waals surface area contributed by atoms with Crippen LogP contribution in [0.1, 0.15) is 35.3 Å². The summed E-state index contributed by atoms with van der Waals surface area (Å²) in [5.41, 5.74) is 2.23. The molecule has 0 fully saturated rings. The fourth-order valence-corrected chi connectivity index (χ4v) is 1.31. The van der Waals surface area contributed by atoms with Crippen LogP contribution >= 0.6 is 0 Å². The van der Waals surface area contributed by atoms with Gasteiger partial charge in [0, 0.05) is 0 Å². The molecule has 0 aliphatic heterocycles. The smallest absolute Gasteiger partial charge is 0.339 e. The number of carboxylic acids is 1. The average Bonchev–Trinajstić information content (AvgIpc) is 2.09. The third kappa shape index (κ3) is 2.72. The van der Waals surface area contributed by atoms with Crippen molar-refractivity contribution < 1.29 is 14.6 Å². The summed E-state index contributed by atoms with van der Waals surface area (Å²) in [5, 5.41) is 9.01. The van der Waals surface area contributed by atoms with E-state index >= 15 is 0 Å². The Morgan fingerprint density at radius 1 is 1.27 bits per heavy atom. The maximum Gasteiger partial charge on any atom is 0.339 e. The van der Waals surface area contributed by atoms with E-state index < -0.39 is 5.97 Å². The van der Waals surface area contributed by atoms with E-state index in [9.17, 15) is 4.79 Å². The standard InChI is InChI=1S/C12H16O3/c1-7(2)15-11-6-9(4)8(3)5-10(11)12(13)14/h5-7H,1-4H3,(H,13,14). The molecule has 0 spiro atoms. The summed E-state index contributed by atoms with van der Waals surface area (Å²) < 4.78 is 5.46. The molecular formula is C12H16O3. The first-order chi connectivity index (χ1) is 6.91. The minimum atomic E-state index is -0.950. The van der Waals surface area contributed by atoms with Crippen LogP contribution in [0.2, 0.25) is 0 Å². The minimum Gasteiger partial charge on any atom is -0.490 e. The summed E-state index contributed by atoms with van der Waals surface area (Å²) in [6.45, 7) is 7.58. The molecule has 0 saturated heterocycles. The van der Waals surface area contributed by atoms with Gasteiger partial charge in [0.1, 0.15) is 11.3 Å². The minimum absolute atomic E-state index is 0.0230. The highest BCUT2D eigenvalue weighted by Crippen LogP contribution is 2.24. The predicted octanol–water partition coefficient (Wildman–Crippen LogP) is 2.79. The average molecular weight is 208 g/mol. The summed E-state index contributed by atoms with van der Waals surface area (Å²) in [7, 11) is 0. The number of aryl methyl sites for hydroxylation is 2. The summed E-state index contributed by atoms with van der Waals surface area (Å²) in [6.07, 6.45) is -0.0230. The monoisotopic (exact) mass is 208 g/mol. The van der Waals surface area contributed by atoms with Crippen molar-refractivity contribution in [3.63, 3.8) is 0 Å². The Kier molecular flexibility index (Phi) is 3.35. The number of benzene rings is 1. The molecule has 0 aliphatic rings. The van der Waals surface area contributed by atoms with Gasteiger partial charge in [0.15, 0.2) is 0 Å². The lowest BCUT2D eigenvalue weighted by Crippen LogP contribution is -2.10. The Bertz CT molecular complexity index is 381. The van der Waals surface area contributed by atoms with Crippen LogP contribution in [0.3, 0.4) is 0 Å². The van der Waals surface area contributed by atoms with E-state index in [0.29, 0.717) is 5.75 Å². The predicted molar refractivity (Wildman–Crippen MR) is 58.6 cm³/mol. The van der Waals surface area contributed by atoms with Crippen LogP contribution in [0.15, 0.2) is 12.1 Å². The molecule has 0 saturated carbocycles. The van der Waals surface area contributed by atoms with Gasteiger partial charge in [-0.3, -0.25) is 0 Å². The van der Waals surface area contributed by atoms with Crippen molar-refractivity contribution in [2.75, 3.05) is 0 Å². The highest BCUT2D eigenvalue weighted by Gasteiger charge is 2.13. The van der Waals surface area contributed by atoms with Crippen molar-refractivity contribution in [2.24, 2.45) is 0 Å². The largest absolute Gasteiger partial charge is 0.490 e. The summed E-state index contributed by atoms with van der Waals surface area (Å²) in [5.74, 6) is -0.505. The number of rotatable bonds is 3. The van der Waals surface area contributed by atoms with E-state index in [4.69, 9.17) is 9.84 Å². The van der Waals surface area contributed by atoms with Gasteiger partial charge in [-0.2, -0.15) is 0 Å². The fraction of sp³-hybridized carbons (Fsp3) is 0.417. The molecule has 0 atom stereocenters. The molecule has 0 radical (unpaired) electrons. The van der Waals surface area contributed by atoms with Gasteiger partial charge < -0.3 is 9.84 Å². The van der Waals surface area contributed by atoms with E-state index in [-0.39, 0.29) is 11.7 Å². The summed E-state index contributed by atoms with van der Waals surface area (Å²) in [4.78, 5) is 11.0. The van der Waals surface area contributed by atoms with Gasteiger partial charge in [0.05, 0.1) is 6.10 Å². The Morgan fingerprint density at radius 2 is 1.80 bits per heavy atom. The third-order valence-electron chi connectivity index (χ3n) is 2.19. The molecule has 1 aromatic rings. The van der Waals surface area contributed by atoms with Crippen LogP contribution in [0.5, 0.6) is 5.75 Å². The third-order valence-corrected chi connectivity index (χ3v) is 2.19. The zero-order valence-corrected chi connectivity index (χ0v) is 9.50. The zero-order valence-electron chi connectivity index (χ0n) is 9.50. The number of hydrogen-bond acceptors (Lipinski definition) is 2. The normalized spacial score (nSPS) is 10.5. The van der Waals surface area contributed by atoms with E-state index in [2.05, 4.69) is 0 Å². The van der Waals surface area contributed by atoms with Crippen molar-refractivity contribution in [2.45, 2.75) is 33.8 Å². The van der Waals surface area contributed by atoms with Crippen molar-refractivity contribution in [3.05, 3.63) is 28.8 Å². The molecule has 0 amide bonds. The molecular weight excluding hydrogens is 192 g/mol. The van der Waals surface area contributed by atoms with Crippen LogP contribution < -0.4 is 4.74 Å². The highest BCUT2D eigenvalue weighted by atomic mass is 16.5. The Labute approximate surface area is 89.7 Å². The zero-order chi connectivity index (χ0) is 11.6. The van der Waals surface area contributed by atoms with Crippen LogP contribution in [-0.4, -0.2) is 17.2 Å². The summed E-state index contributed by atoms with van der Waals surface area (Å²) >= 11 is 0. The topological polar surface area (TPSA) is 46.5 Å². The first-order valence-corrected chi connectivity index (χ1v) is 4.93. The highest BCUT2D eigenvalue weighted by molar-refractivity contribution is 5.91. The Hall–Kier alpha value is -1.51.